The fourth-order valence-electron chi connectivity index (χ4n) is 2.94. The summed E-state index contributed by atoms with van der Waals surface area (Å²) >= 11 is 0. The normalized spacial score (nSPS) is 16.7. The van der Waals surface area contributed by atoms with Gasteiger partial charge >= 0.3 is 0 Å². The summed E-state index contributed by atoms with van der Waals surface area (Å²) in [5.74, 6) is 2.72. The topological polar surface area (TPSA) is 43.9 Å². The highest BCUT2D eigenvalue weighted by Crippen LogP contribution is 2.20. The molecule has 1 saturated heterocycles. The maximum atomic E-state index is 12.7. The Kier molecular flexibility index (Phi) is 6.67. The second kappa shape index (κ2) is 8.52. The molecule has 1 fully saturated rings. The molecule has 0 spiro atoms. The molecule has 0 radical (unpaired) electrons. The lowest BCUT2D eigenvalue weighted by Crippen LogP contribution is -2.45. The molecule has 0 saturated carbocycles. The van der Waals surface area contributed by atoms with Gasteiger partial charge in [-0.15, -0.1) is 6.42 Å². The Labute approximate surface area is 146 Å². The van der Waals surface area contributed by atoms with E-state index in [1.165, 1.54) is 4.31 Å². The van der Waals surface area contributed by atoms with E-state index in [0.717, 1.165) is 32.7 Å². The Bertz CT molecular complexity index is 674. The summed E-state index contributed by atoms with van der Waals surface area (Å²) < 4.78 is 26.9. The average molecular weight is 350 g/mol. The molecule has 1 heterocycles. The number of anilines is 1. The maximum absolute atomic E-state index is 12.7. The lowest BCUT2D eigenvalue weighted by Gasteiger charge is -2.32. The first-order valence-corrected chi connectivity index (χ1v) is 10.0. The summed E-state index contributed by atoms with van der Waals surface area (Å²) in [4.78, 5) is 4.63. The molecular formula is C18H27N3O2S. The van der Waals surface area contributed by atoms with Gasteiger partial charge in [-0.05, 0) is 45.1 Å². The standard InChI is InChI=1S/C18H27N3O2S/c1-4-17-8-6-9-18(16-17)21(5-2)24(22,23)15-7-10-20-13-11-19(3)12-14-20/h1,6,8-9,16H,5,7,10-15H2,2-3H3. The monoisotopic (exact) mass is 349 g/mol. The van der Waals surface area contributed by atoms with Gasteiger partial charge in [0.05, 0.1) is 11.4 Å². The molecule has 6 heteroatoms. The van der Waals surface area contributed by atoms with Crippen LogP contribution in [0.4, 0.5) is 5.69 Å². The maximum Gasteiger partial charge on any atom is 0.235 e. The van der Waals surface area contributed by atoms with Crippen LogP contribution in [0.1, 0.15) is 18.9 Å². The van der Waals surface area contributed by atoms with Crippen molar-refractivity contribution in [1.29, 1.82) is 0 Å². The lowest BCUT2D eigenvalue weighted by atomic mass is 10.2. The Morgan fingerprint density at radius 2 is 1.96 bits per heavy atom. The predicted octanol–water partition coefficient (Wildman–Crippen LogP) is 1.46. The van der Waals surface area contributed by atoms with E-state index in [-0.39, 0.29) is 5.75 Å². The van der Waals surface area contributed by atoms with Crippen LogP contribution in [-0.4, -0.2) is 70.3 Å². The van der Waals surface area contributed by atoms with Crippen LogP contribution in [0, 0.1) is 12.3 Å². The van der Waals surface area contributed by atoms with Crippen LogP contribution in [0.2, 0.25) is 0 Å². The third-order valence-electron chi connectivity index (χ3n) is 4.40. The van der Waals surface area contributed by atoms with E-state index in [1.807, 2.05) is 6.92 Å². The van der Waals surface area contributed by atoms with Crippen LogP contribution in [0.3, 0.4) is 0 Å². The Morgan fingerprint density at radius 1 is 1.25 bits per heavy atom. The molecule has 2 rings (SSSR count). The SMILES string of the molecule is C#Cc1cccc(N(CC)S(=O)(=O)CCCN2CCN(C)CC2)c1. The van der Waals surface area contributed by atoms with Gasteiger partial charge in [0.2, 0.25) is 10.0 Å². The Balaban J connectivity index is 1.95. The molecule has 0 aromatic heterocycles. The first-order chi connectivity index (χ1) is 11.5. The van der Waals surface area contributed by atoms with Crippen LogP contribution in [0.5, 0.6) is 0 Å². The quantitative estimate of drug-likeness (QED) is 0.699. The van der Waals surface area contributed by atoms with Gasteiger partial charge in [0.15, 0.2) is 0 Å². The average Bonchev–Trinajstić information content (AvgIpc) is 2.57. The minimum atomic E-state index is -3.33. The van der Waals surface area contributed by atoms with E-state index < -0.39 is 10.0 Å². The number of nitrogens with zero attached hydrogens (tertiary/aromatic N) is 3. The molecule has 5 nitrogen and oxygen atoms in total. The van der Waals surface area contributed by atoms with Gasteiger partial charge < -0.3 is 9.80 Å². The van der Waals surface area contributed by atoms with Crippen LogP contribution < -0.4 is 4.31 Å². The molecule has 0 bridgehead atoms. The first-order valence-electron chi connectivity index (χ1n) is 8.44. The largest absolute Gasteiger partial charge is 0.304 e. The van der Waals surface area contributed by atoms with Gasteiger partial charge in [0.25, 0.3) is 0 Å². The second-order valence-electron chi connectivity index (χ2n) is 6.17. The zero-order valence-electron chi connectivity index (χ0n) is 14.6. The summed E-state index contributed by atoms with van der Waals surface area (Å²) in [5, 5.41) is 0. The minimum Gasteiger partial charge on any atom is -0.304 e. The van der Waals surface area contributed by atoms with Gasteiger partial charge in [0, 0.05) is 38.3 Å². The van der Waals surface area contributed by atoms with Crippen molar-refractivity contribution in [3.05, 3.63) is 29.8 Å². The summed E-state index contributed by atoms with van der Waals surface area (Å²) in [7, 11) is -1.22. The lowest BCUT2D eigenvalue weighted by molar-refractivity contribution is 0.154. The molecule has 0 unspecified atom stereocenters. The van der Waals surface area contributed by atoms with Crippen LogP contribution >= 0.6 is 0 Å². The molecule has 1 aliphatic heterocycles. The van der Waals surface area contributed by atoms with Crippen molar-refractivity contribution in [1.82, 2.24) is 9.80 Å². The molecule has 24 heavy (non-hydrogen) atoms. The zero-order valence-corrected chi connectivity index (χ0v) is 15.4. The third-order valence-corrected chi connectivity index (χ3v) is 6.34. The number of benzene rings is 1. The molecule has 0 N–H and O–H groups in total. The van der Waals surface area contributed by atoms with Gasteiger partial charge in [-0.2, -0.15) is 0 Å². The van der Waals surface area contributed by atoms with Crippen molar-refractivity contribution in [3.63, 3.8) is 0 Å². The van der Waals surface area contributed by atoms with E-state index in [2.05, 4.69) is 22.8 Å². The fourth-order valence-corrected chi connectivity index (χ4v) is 4.49. The van der Waals surface area contributed by atoms with Crippen molar-refractivity contribution in [2.24, 2.45) is 0 Å². The molecule has 132 valence electrons. The van der Waals surface area contributed by atoms with E-state index in [0.29, 0.717) is 24.2 Å². The molecule has 1 aromatic carbocycles. The molecular weight excluding hydrogens is 322 g/mol. The molecule has 0 atom stereocenters. The highest BCUT2D eigenvalue weighted by atomic mass is 32.2. The van der Waals surface area contributed by atoms with E-state index in [9.17, 15) is 8.42 Å². The highest BCUT2D eigenvalue weighted by molar-refractivity contribution is 7.92. The van der Waals surface area contributed by atoms with Crippen molar-refractivity contribution in [2.45, 2.75) is 13.3 Å². The molecule has 0 amide bonds. The van der Waals surface area contributed by atoms with Crippen molar-refractivity contribution >= 4 is 15.7 Å². The van der Waals surface area contributed by atoms with E-state index in [1.54, 1.807) is 24.3 Å². The smallest absolute Gasteiger partial charge is 0.235 e. The number of rotatable bonds is 7. The summed E-state index contributed by atoms with van der Waals surface area (Å²) in [6.45, 7) is 7.20. The van der Waals surface area contributed by atoms with Gasteiger partial charge in [-0.1, -0.05) is 12.0 Å². The van der Waals surface area contributed by atoms with Gasteiger partial charge in [-0.25, -0.2) is 8.42 Å². The molecule has 1 aliphatic rings. The summed E-state index contributed by atoms with van der Waals surface area (Å²) in [6, 6.07) is 7.15. The molecule has 0 aliphatic carbocycles. The number of hydrogen-bond donors (Lipinski definition) is 0. The molecule has 1 aromatic rings. The van der Waals surface area contributed by atoms with Crippen LogP contribution in [0.25, 0.3) is 0 Å². The number of sulfonamides is 1. The van der Waals surface area contributed by atoms with Crippen LogP contribution in [0.15, 0.2) is 24.3 Å². The Morgan fingerprint density at radius 3 is 2.58 bits per heavy atom. The number of terminal acetylenes is 1. The van der Waals surface area contributed by atoms with Gasteiger partial charge in [0.1, 0.15) is 0 Å². The third kappa shape index (κ3) is 4.97. The van der Waals surface area contributed by atoms with Crippen molar-refractivity contribution in [2.75, 3.05) is 56.4 Å². The van der Waals surface area contributed by atoms with Crippen molar-refractivity contribution in [3.8, 4) is 12.3 Å². The van der Waals surface area contributed by atoms with Gasteiger partial charge in [-0.3, -0.25) is 4.31 Å². The minimum absolute atomic E-state index is 0.160. The second-order valence-corrected chi connectivity index (χ2v) is 8.19. The summed E-state index contributed by atoms with van der Waals surface area (Å²) in [6.07, 6.45) is 6.07. The first kappa shape index (κ1) is 18.8. The summed E-state index contributed by atoms with van der Waals surface area (Å²) in [5.41, 5.74) is 1.34. The van der Waals surface area contributed by atoms with Crippen molar-refractivity contribution < 1.29 is 8.42 Å². The number of likely N-dealkylation sites (N-methyl/N-ethyl adjacent to an activating group) is 1. The van der Waals surface area contributed by atoms with E-state index in [4.69, 9.17) is 6.42 Å². The Hall–Kier alpha value is -1.55. The number of hydrogen-bond acceptors (Lipinski definition) is 4. The predicted molar refractivity (Wildman–Crippen MR) is 99.7 cm³/mol. The zero-order chi connectivity index (χ0) is 17.6. The number of piperazine rings is 1. The highest BCUT2D eigenvalue weighted by Gasteiger charge is 2.22. The van der Waals surface area contributed by atoms with E-state index >= 15 is 0 Å². The van der Waals surface area contributed by atoms with Crippen LogP contribution in [-0.2, 0) is 10.0 Å². The fraction of sp³-hybridized carbons (Fsp3) is 0.556.